The molecule has 4 heteroatoms. The lowest BCUT2D eigenvalue weighted by atomic mass is 10.1. The van der Waals surface area contributed by atoms with E-state index in [1.165, 1.54) is 21.9 Å². The summed E-state index contributed by atoms with van der Waals surface area (Å²) in [7, 11) is 0. The van der Waals surface area contributed by atoms with Gasteiger partial charge < -0.3 is 4.74 Å². The minimum absolute atomic E-state index is 0.167. The largest absolute Gasteiger partial charge is 0.380 e. The third-order valence-electron chi connectivity index (χ3n) is 5.69. The molecule has 0 atom stereocenters. The Bertz CT molecular complexity index is 904. The summed E-state index contributed by atoms with van der Waals surface area (Å²) in [5.41, 5.74) is 2.51. The summed E-state index contributed by atoms with van der Waals surface area (Å²) in [4.78, 5) is 4.90. The Balaban J connectivity index is 1.11. The molecule has 3 aromatic carbocycles. The average molecular weight is 393 g/mol. The van der Waals surface area contributed by atoms with Crippen LogP contribution in [-0.2, 0) is 17.7 Å². The van der Waals surface area contributed by atoms with E-state index in [0.29, 0.717) is 0 Å². The maximum Gasteiger partial charge on any atom is 0.123 e. The van der Waals surface area contributed by atoms with Gasteiger partial charge in [-0.2, -0.15) is 0 Å². The predicted molar refractivity (Wildman–Crippen MR) is 117 cm³/mol. The summed E-state index contributed by atoms with van der Waals surface area (Å²) >= 11 is 0. The van der Waals surface area contributed by atoms with Gasteiger partial charge in [-0.25, -0.2) is 4.39 Å². The Labute approximate surface area is 172 Å². The molecule has 0 aromatic heterocycles. The molecule has 1 aliphatic rings. The van der Waals surface area contributed by atoms with Crippen LogP contribution in [0.15, 0.2) is 66.7 Å². The van der Waals surface area contributed by atoms with E-state index >= 15 is 0 Å². The van der Waals surface area contributed by atoms with E-state index in [0.717, 1.165) is 58.9 Å². The lowest BCUT2D eigenvalue weighted by Gasteiger charge is -2.34. The normalized spacial score (nSPS) is 15.8. The van der Waals surface area contributed by atoms with Gasteiger partial charge in [-0.05, 0) is 40.5 Å². The topological polar surface area (TPSA) is 15.7 Å². The first-order valence-electron chi connectivity index (χ1n) is 10.5. The second-order valence-electron chi connectivity index (χ2n) is 7.79. The third-order valence-corrected chi connectivity index (χ3v) is 5.69. The van der Waals surface area contributed by atoms with Crippen LogP contribution in [0.2, 0.25) is 0 Å². The van der Waals surface area contributed by atoms with Gasteiger partial charge in [0.2, 0.25) is 0 Å². The second-order valence-corrected chi connectivity index (χ2v) is 7.79. The molecular formula is C25H29FN2O. The molecule has 3 aromatic rings. The molecule has 29 heavy (non-hydrogen) atoms. The van der Waals surface area contributed by atoms with Crippen molar-refractivity contribution in [3.63, 3.8) is 0 Å². The van der Waals surface area contributed by atoms with Crippen molar-refractivity contribution in [3.05, 3.63) is 83.7 Å². The first kappa shape index (κ1) is 20.0. The first-order valence-corrected chi connectivity index (χ1v) is 10.5. The Kier molecular flexibility index (Phi) is 6.88. The molecule has 3 nitrogen and oxygen atoms in total. The lowest BCUT2D eigenvalue weighted by molar-refractivity contribution is 0.0747. The standard InChI is InChI=1S/C25H29FN2O/c26-25-9-6-22(7-10-25)20-28-14-12-27(13-15-28)16-18-29-17-11-21-5-8-23-3-1-2-4-24(23)19-21/h1-10,19H,11-18,20H2. The van der Waals surface area contributed by atoms with E-state index in [2.05, 4.69) is 52.3 Å². The number of piperazine rings is 1. The summed E-state index contributed by atoms with van der Waals surface area (Å²) in [5.74, 6) is -0.167. The SMILES string of the molecule is Fc1ccc(CN2CCN(CCOCCc3ccc4ccccc4c3)CC2)cc1. The third kappa shape index (κ3) is 5.86. The highest BCUT2D eigenvalue weighted by atomic mass is 19.1. The predicted octanol–water partition coefficient (Wildman–Crippen LogP) is 4.36. The number of benzene rings is 3. The number of rotatable bonds is 8. The molecule has 1 fully saturated rings. The average Bonchev–Trinajstić information content (AvgIpc) is 2.76. The van der Waals surface area contributed by atoms with Crippen LogP contribution in [0, 0.1) is 5.82 Å². The fraction of sp³-hybridized carbons (Fsp3) is 0.360. The monoisotopic (exact) mass is 392 g/mol. The molecule has 1 aliphatic heterocycles. The summed E-state index contributed by atoms with van der Waals surface area (Å²) < 4.78 is 18.9. The quantitative estimate of drug-likeness (QED) is 0.530. The Morgan fingerprint density at radius 2 is 1.41 bits per heavy atom. The van der Waals surface area contributed by atoms with Crippen LogP contribution in [0.1, 0.15) is 11.1 Å². The zero-order valence-corrected chi connectivity index (χ0v) is 16.9. The Morgan fingerprint density at radius 3 is 2.21 bits per heavy atom. The van der Waals surface area contributed by atoms with Crippen LogP contribution < -0.4 is 0 Å². The van der Waals surface area contributed by atoms with Crippen molar-refractivity contribution in [2.45, 2.75) is 13.0 Å². The second kappa shape index (κ2) is 9.97. The minimum atomic E-state index is -0.167. The van der Waals surface area contributed by atoms with Crippen molar-refractivity contribution < 1.29 is 9.13 Å². The maximum atomic E-state index is 13.0. The van der Waals surface area contributed by atoms with Crippen molar-refractivity contribution in [2.24, 2.45) is 0 Å². The first-order chi connectivity index (χ1) is 14.3. The van der Waals surface area contributed by atoms with Crippen LogP contribution in [0.25, 0.3) is 10.8 Å². The minimum Gasteiger partial charge on any atom is -0.380 e. The van der Waals surface area contributed by atoms with E-state index in [9.17, 15) is 4.39 Å². The summed E-state index contributed by atoms with van der Waals surface area (Å²) in [6.07, 6.45) is 0.955. The van der Waals surface area contributed by atoms with Gasteiger partial charge in [0.1, 0.15) is 5.82 Å². The van der Waals surface area contributed by atoms with Crippen molar-refractivity contribution in [3.8, 4) is 0 Å². The van der Waals surface area contributed by atoms with Crippen LogP contribution in [0.5, 0.6) is 0 Å². The van der Waals surface area contributed by atoms with E-state index in [-0.39, 0.29) is 5.82 Å². The Hall–Kier alpha value is -2.27. The van der Waals surface area contributed by atoms with Crippen molar-refractivity contribution in [1.29, 1.82) is 0 Å². The molecule has 1 heterocycles. The fourth-order valence-electron chi connectivity index (χ4n) is 3.90. The smallest absolute Gasteiger partial charge is 0.123 e. The van der Waals surface area contributed by atoms with Gasteiger partial charge >= 0.3 is 0 Å². The van der Waals surface area contributed by atoms with Gasteiger partial charge in [0.15, 0.2) is 0 Å². The number of fused-ring (bicyclic) bond motifs is 1. The van der Waals surface area contributed by atoms with Gasteiger partial charge in [0.25, 0.3) is 0 Å². The van der Waals surface area contributed by atoms with E-state index in [1.54, 1.807) is 12.1 Å². The molecule has 4 rings (SSSR count). The molecule has 0 radical (unpaired) electrons. The van der Waals surface area contributed by atoms with Crippen LogP contribution in [-0.4, -0.2) is 55.7 Å². The lowest BCUT2D eigenvalue weighted by Crippen LogP contribution is -2.46. The van der Waals surface area contributed by atoms with Crippen LogP contribution >= 0.6 is 0 Å². The summed E-state index contributed by atoms with van der Waals surface area (Å²) in [5, 5.41) is 2.58. The molecular weight excluding hydrogens is 363 g/mol. The maximum absolute atomic E-state index is 13.0. The molecule has 0 aliphatic carbocycles. The summed E-state index contributed by atoms with van der Waals surface area (Å²) in [6, 6.07) is 22.0. The molecule has 0 saturated carbocycles. The highest BCUT2D eigenvalue weighted by molar-refractivity contribution is 5.82. The van der Waals surface area contributed by atoms with E-state index in [1.807, 2.05) is 12.1 Å². The Morgan fingerprint density at radius 1 is 0.724 bits per heavy atom. The zero-order valence-electron chi connectivity index (χ0n) is 16.9. The van der Waals surface area contributed by atoms with Crippen LogP contribution in [0.3, 0.4) is 0 Å². The van der Waals surface area contributed by atoms with Gasteiger partial charge in [-0.1, -0.05) is 54.6 Å². The number of hydrogen-bond acceptors (Lipinski definition) is 3. The number of hydrogen-bond donors (Lipinski definition) is 0. The summed E-state index contributed by atoms with van der Waals surface area (Å²) in [6.45, 7) is 7.67. The highest BCUT2D eigenvalue weighted by Crippen LogP contribution is 2.16. The van der Waals surface area contributed by atoms with Crippen molar-refractivity contribution in [2.75, 3.05) is 45.9 Å². The van der Waals surface area contributed by atoms with E-state index < -0.39 is 0 Å². The molecule has 0 spiro atoms. The number of halogens is 1. The van der Waals surface area contributed by atoms with Gasteiger partial charge in [0.05, 0.1) is 13.2 Å². The molecule has 0 bridgehead atoms. The molecule has 1 saturated heterocycles. The van der Waals surface area contributed by atoms with Crippen molar-refractivity contribution >= 4 is 10.8 Å². The number of nitrogens with zero attached hydrogens (tertiary/aromatic N) is 2. The van der Waals surface area contributed by atoms with Crippen LogP contribution in [0.4, 0.5) is 4.39 Å². The van der Waals surface area contributed by atoms with E-state index in [4.69, 9.17) is 4.74 Å². The number of ether oxygens (including phenoxy) is 1. The fourth-order valence-corrected chi connectivity index (χ4v) is 3.90. The molecule has 152 valence electrons. The van der Waals surface area contributed by atoms with Gasteiger partial charge in [-0.3, -0.25) is 9.80 Å². The highest BCUT2D eigenvalue weighted by Gasteiger charge is 2.16. The molecule has 0 N–H and O–H groups in total. The van der Waals surface area contributed by atoms with Crippen molar-refractivity contribution in [1.82, 2.24) is 9.80 Å². The zero-order chi connectivity index (χ0) is 19.9. The van der Waals surface area contributed by atoms with Gasteiger partial charge in [0, 0.05) is 39.3 Å². The van der Waals surface area contributed by atoms with Gasteiger partial charge in [-0.15, -0.1) is 0 Å². The molecule has 0 unspecified atom stereocenters. The molecule has 0 amide bonds.